The van der Waals surface area contributed by atoms with Gasteiger partial charge in [0.25, 0.3) is 0 Å². The first-order valence-electron chi connectivity index (χ1n) is 8.58. The highest BCUT2D eigenvalue weighted by Crippen LogP contribution is 2.38. The molecule has 1 amide bonds. The number of carbonyl (C=O) groups excluding carboxylic acids is 1. The van der Waals surface area contributed by atoms with Crippen molar-refractivity contribution in [2.75, 3.05) is 31.1 Å². The van der Waals surface area contributed by atoms with Crippen molar-refractivity contribution in [3.8, 4) is 5.75 Å². The third-order valence-corrected chi connectivity index (χ3v) is 4.81. The maximum Gasteiger partial charge on any atom is 0.511 e. The predicted molar refractivity (Wildman–Crippen MR) is 92.7 cm³/mol. The molecule has 9 nitrogen and oxygen atoms in total. The first-order valence-corrected chi connectivity index (χ1v) is 8.58. The number of rotatable bonds is 4. The minimum atomic E-state index is -1.60. The summed E-state index contributed by atoms with van der Waals surface area (Å²) < 4.78 is 21.0. The van der Waals surface area contributed by atoms with Crippen LogP contribution in [0, 0.1) is 5.82 Å². The molecule has 142 valence electrons. The summed E-state index contributed by atoms with van der Waals surface area (Å²) in [7, 11) is 0. The van der Waals surface area contributed by atoms with E-state index in [2.05, 4.69) is 9.72 Å². The van der Waals surface area contributed by atoms with Crippen molar-refractivity contribution in [2.45, 2.75) is 18.9 Å². The van der Waals surface area contributed by atoms with E-state index in [0.29, 0.717) is 31.8 Å². The molecule has 0 atom stereocenters. The molecule has 1 aliphatic carbocycles. The number of pyridine rings is 2. The van der Waals surface area contributed by atoms with E-state index in [-0.39, 0.29) is 23.0 Å². The smallest absolute Gasteiger partial charge is 0.449 e. The molecular weight excluding hydrogens is 359 g/mol. The van der Waals surface area contributed by atoms with Gasteiger partial charge in [0.05, 0.1) is 11.6 Å². The summed E-state index contributed by atoms with van der Waals surface area (Å²) in [6, 6.07) is 1.15. The van der Waals surface area contributed by atoms with E-state index in [0.717, 1.165) is 25.3 Å². The average molecular weight is 376 g/mol. The van der Waals surface area contributed by atoms with Gasteiger partial charge in [0, 0.05) is 32.2 Å². The van der Waals surface area contributed by atoms with Gasteiger partial charge in [-0.3, -0.25) is 9.59 Å². The number of hydrogen-bond donors (Lipinski definition) is 1. The van der Waals surface area contributed by atoms with Gasteiger partial charge in [-0.2, -0.15) is 0 Å². The summed E-state index contributed by atoms with van der Waals surface area (Å²) in [6.07, 6.45) is 2.20. The highest BCUT2D eigenvalue weighted by Gasteiger charge is 2.29. The second-order valence-corrected chi connectivity index (χ2v) is 6.62. The van der Waals surface area contributed by atoms with Crippen molar-refractivity contribution in [3.63, 3.8) is 0 Å². The number of halogens is 1. The van der Waals surface area contributed by atoms with Crippen LogP contribution in [0.1, 0.15) is 18.9 Å². The van der Waals surface area contributed by atoms with Gasteiger partial charge in [0.15, 0.2) is 17.4 Å². The summed E-state index contributed by atoms with van der Waals surface area (Å²) >= 11 is 0. The number of nitrogens with zero attached hydrogens (tertiary/aromatic N) is 4. The predicted octanol–water partition coefficient (Wildman–Crippen LogP) is 1.21. The standard InChI is InChI=1S/C17H17FN4O5/c18-12-7-11-14(24)13(27-17(25)26)8-22(10-1-2-10)15(11)19-16(12)21-5-3-20(9-23)4-6-21/h7-10H,1-6H2,(H,25,26). The first-order chi connectivity index (χ1) is 13.0. The molecule has 0 spiro atoms. The fourth-order valence-electron chi connectivity index (χ4n) is 3.27. The molecule has 10 heteroatoms. The van der Waals surface area contributed by atoms with Crippen LogP contribution >= 0.6 is 0 Å². The summed E-state index contributed by atoms with van der Waals surface area (Å²) in [5.41, 5.74) is -0.414. The Kier molecular flexibility index (Phi) is 4.17. The van der Waals surface area contributed by atoms with Gasteiger partial charge in [-0.05, 0) is 18.9 Å². The Bertz CT molecular complexity index is 979. The summed E-state index contributed by atoms with van der Waals surface area (Å²) in [6.45, 7) is 1.79. The van der Waals surface area contributed by atoms with Crippen molar-refractivity contribution in [3.05, 3.63) is 28.3 Å². The average Bonchev–Trinajstić information content (AvgIpc) is 3.49. The van der Waals surface area contributed by atoms with Crippen molar-refractivity contribution in [1.29, 1.82) is 0 Å². The molecule has 0 radical (unpaired) electrons. The van der Waals surface area contributed by atoms with Gasteiger partial charge >= 0.3 is 6.16 Å². The highest BCUT2D eigenvalue weighted by atomic mass is 19.1. The Balaban J connectivity index is 1.81. The number of hydrogen-bond acceptors (Lipinski definition) is 6. The lowest BCUT2D eigenvalue weighted by atomic mass is 10.2. The van der Waals surface area contributed by atoms with Crippen LogP contribution in [0.3, 0.4) is 0 Å². The normalized spacial score (nSPS) is 17.2. The van der Waals surface area contributed by atoms with Gasteiger partial charge in [-0.25, -0.2) is 14.2 Å². The molecule has 3 heterocycles. The molecule has 4 rings (SSSR count). The van der Waals surface area contributed by atoms with Crippen molar-refractivity contribution >= 4 is 29.4 Å². The van der Waals surface area contributed by atoms with Crippen LogP contribution in [0.2, 0.25) is 0 Å². The first kappa shape index (κ1) is 17.3. The van der Waals surface area contributed by atoms with Crippen LogP contribution in [0.5, 0.6) is 5.75 Å². The Morgan fingerprint density at radius 1 is 1.30 bits per heavy atom. The van der Waals surface area contributed by atoms with Crippen molar-refractivity contribution in [2.24, 2.45) is 0 Å². The third kappa shape index (κ3) is 3.18. The fraction of sp³-hybridized carbons (Fsp3) is 0.412. The fourth-order valence-corrected chi connectivity index (χ4v) is 3.27. The Labute approximate surface area is 152 Å². The Hall–Kier alpha value is -3.17. The van der Waals surface area contributed by atoms with Crippen LogP contribution in [-0.2, 0) is 4.79 Å². The Morgan fingerprint density at radius 3 is 2.59 bits per heavy atom. The molecule has 0 unspecified atom stereocenters. The van der Waals surface area contributed by atoms with Crippen molar-refractivity contribution < 1.29 is 23.8 Å². The molecule has 27 heavy (non-hydrogen) atoms. The number of carbonyl (C=O) groups is 2. The SMILES string of the molecule is O=CN1CCN(c2nc3c(cc2F)c(=O)c(OC(=O)O)cn3C2CC2)CC1. The molecule has 1 N–H and O–H groups in total. The molecule has 2 aliphatic rings. The number of piperazine rings is 1. The number of anilines is 1. The van der Waals surface area contributed by atoms with E-state index in [9.17, 15) is 18.8 Å². The van der Waals surface area contributed by atoms with Crippen LogP contribution in [-0.4, -0.2) is 58.3 Å². The van der Waals surface area contributed by atoms with Crippen LogP contribution in [0.15, 0.2) is 17.1 Å². The van der Waals surface area contributed by atoms with Crippen LogP contribution in [0.4, 0.5) is 15.0 Å². The topological polar surface area (TPSA) is 105 Å². The van der Waals surface area contributed by atoms with E-state index < -0.39 is 17.4 Å². The quantitative estimate of drug-likeness (QED) is 0.631. The monoisotopic (exact) mass is 376 g/mol. The third-order valence-electron chi connectivity index (χ3n) is 4.81. The Morgan fingerprint density at radius 2 is 2.00 bits per heavy atom. The number of carboxylic acid groups (broad SMARTS) is 1. The summed E-state index contributed by atoms with van der Waals surface area (Å²) in [4.78, 5) is 41.9. The van der Waals surface area contributed by atoms with Gasteiger partial charge in [-0.1, -0.05) is 0 Å². The van der Waals surface area contributed by atoms with Gasteiger partial charge < -0.3 is 24.2 Å². The van der Waals surface area contributed by atoms with E-state index in [4.69, 9.17) is 5.11 Å². The van der Waals surface area contributed by atoms with E-state index in [1.165, 1.54) is 6.20 Å². The zero-order valence-corrected chi connectivity index (χ0v) is 14.3. The molecule has 0 bridgehead atoms. The van der Waals surface area contributed by atoms with E-state index >= 15 is 0 Å². The lowest BCUT2D eigenvalue weighted by molar-refractivity contribution is -0.118. The lowest BCUT2D eigenvalue weighted by Gasteiger charge is -2.33. The minimum Gasteiger partial charge on any atom is -0.449 e. The van der Waals surface area contributed by atoms with Crippen LogP contribution in [0.25, 0.3) is 11.0 Å². The summed E-state index contributed by atoms with van der Waals surface area (Å²) in [5.74, 6) is -0.918. The number of amides is 1. The van der Waals surface area contributed by atoms with Crippen molar-refractivity contribution in [1.82, 2.24) is 14.5 Å². The maximum atomic E-state index is 14.7. The zero-order valence-electron chi connectivity index (χ0n) is 14.3. The second-order valence-electron chi connectivity index (χ2n) is 6.62. The van der Waals surface area contributed by atoms with E-state index in [1.807, 2.05) is 0 Å². The van der Waals surface area contributed by atoms with Gasteiger partial charge in [0.1, 0.15) is 5.65 Å². The molecule has 1 aliphatic heterocycles. The minimum absolute atomic E-state index is 0.0200. The number of fused-ring (bicyclic) bond motifs is 1. The summed E-state index contributed by atoms with van der Waals surface area (Å²) in [5, 5.41) is 8.80. The van der Waals surface area contributed by atoms with Gasteiger partial charge in [0.2, 0.25) is 11.8 Å². The molecule has 2 aromatic rings. The molecule has 1 saturated heterocycles. The zero-order chi connectivity index (χ0) is 19.1. The van der Waals surface area contributed by atoms with Crippen LogP contribution < -0.4 is 15.1 Å². The molecule has 2 aromatic heterocycles. The van der Waals surface area contributed by atoms with E-state index in [1.54, 1.807) is 14.4 Å². The largest absolute Gasteiger partial charge is 0.511 e. The molecular formula is C17H17FN4O5. The lowest BCUT2D eigenvalue weighted by Crippen LogP contribution is -2.46. The molecule has 2 fully saturated rings. The second kappa shape index (κ2) is 6.53. The highest BCUT2D eigenvalue weighted by molar-refractivity contribution is 5.80. The molecule has 0 aromatic carbocycles. The number of aromatic nitrogens is 2. The maximum absolute atomic E-state index is 14.7. The number of ether oxygens (including phenoxy) is 1. The molecule has 1 saturated carbocycles. The van der Waals surface area contributed by atoms with Gasteiger partial charge in [-0.15, -0.1) is 0 Å².